The molecule has 0 bridgehead atoms. The standard InChI is InChI=1S/C12H11FN4O2/c13-8-5-7(3-4-9(8)14)10(18)15-12-17-16-11(19-12)6-1-2-6/h3-6H,1-2,14H2,(H,15,17,18). The maximum atomic E-state index is 13.2. The summed E-state index contributed by atoms with van der Waals surface area (Å²) in [5.74, 6) is -0.326. The fraction of sp³-hybridized carbons (Fsp3) is 0.250. The number of rotatable bonds is 3. The highest BCUT2D eigenvalue weighted by Crippen LogP contribution is 2.39. The van der Waals surface area contributed by atoms with E-state index in [0.29, 0.717) is 11.8 Å². The van der Waals surface area contributed by atoms with Crippen molar-refractivity contribution in [3.63, 3.8) is 0 Å². The number of nitrogens with one attached hydrogen (secondary N) is 1. The van der Waals surface area contributed by atoms with Crippen molar-refractivity contribution in [2.45, 2.75) is 18.8 Å². The van der Waals surface area contributed by atoms with Gasteiger partial charge >= 0.3 is 6.01 Å². The number of hydrogen-bond donors (Lipinski definition) is 2. The largest absolute Gasteiger partial charge is 0.408 e. The topological polar surface area (TPSA) is 94.0 Å². The van der Waals surface area contributed by atoms with Crippen LogP contribution in [0.25, 0.3) is 0 Å². The molecule has 19 heavy (non-hydrogen) atoms. The molecule has 3 N–H and O–H groups in total. The highest BCUT2D eigenvalue weighted by atomic mass is 19.1. The SMILES string of the molecule is Nc1ccc(C(=O)Nc2nnc(C3CC3)o2)cc1F. The third kappa shape index (κ3) is 2.40. The summed E-state index contributed by atoms with van der Waals surface area (Å²) in [6.45, 7) is 0. The smallest absolute Gasteiger partial charge is 0.322 e. The zero-order valence-electron chi connectivity index (χ0n) is 9.89. The van der Waals surface area contributed by atoms with Crippen molar-refractivity contribution < 1.29 is 13.6 Å². The number of hydrogen-bond acceptors (Lipinski definition) is 5. The third-order valence-corrected chi connectivity index (χ3v) is 2.85. The molecule has 1 aliphatic rings. The number of amides is 1. The molecule has 7 heteroatoms. The molecule has 0 aliphatic heterocycles. The second-order valence-electron chi connectivity index (χ2n) is 4.41. The molecular formula is C12H11FN4O2. The van der Waals surface area contributed by atoms with Gasteiger partial charge in [0.15, 0.2) is 0 Å². The normalized spacial score (nSPS) is 14.4. The second kappa shape index (κ2) is 4.34. The van der Waals surface area contributed by atoms with E-state index < -0.39 is 11.7 Å². The molecular weight excluding hydrogens is 251 g/mol. The molecule has 1 aromatic heterocycles. The van der Waals surface area contributed by atoms with Crippen LogP contribution in [0.1, 0.15) is 35.0 Å². The highest BCUT2D eigenvalue weighted by Gasteiger charge is 2.29. The molecule has 1 fully saturated rings. The van der Waals surface area contributed by atoms with Crippen LogP contribution in [-0.2, 0) is 0 Å². The van der Waals surface area contributed by atoms with Gasteiger partial charge in [0.05, 0.1) is 5.69 Å². The molecule has 3 rings (SSSR count). The summed E-state index contributed by atoms with van der Waals surface area (Å²) in [5.41, 5.74) is 5.47. The van der Waals surface area contributed by atoms with Gasteiger partial charge in [-0.1, -0.05) is 5.10 Å². The summed E-state index contributed by atoms with van der Waals surface area (Å²) in [7, 11) is 0. The van der Waals surface area contributed by atoms with Crippen molar-refractivity contribution >= 4 is 17.6 Å². The molecule has 0 radical (unpaired) electrons. The fourth-order valence-corrected chi connectivity index (χ4v) is 1.62. The van der Waals surface area contributed by atoms with Crippen molar-refractivity contribution in [3.8, 4) is 0 Å². The first-order chi connectivity index (χ1) is 9.13. The monoisotopic (exact) mass is 262 g/mol. The average molecular weight is 262 g/mol. The van der Waals surface area contributed by atoms with Gasteiger partial charge in [-0.05, 0) is 31.0 Å². The Morgan fingerprint density at radius 3 is 2.89 bits per heavy atom. The van der Waals surface area contributed by atoms with Gasteiger partial charge in [-0.15, -0.1) is 5.10 Å². The average Bonchev–Trinajstić information content (AvgIpc) is 3.14. The van der Waals surface area contributed by atoms with Crippen LogP contribution >= 0.6 is 0 Å². The third-order valence-electron chi connectivity index (χ3n) is 2.85. The Bertz CT molecular complexity index is 636. The number of benzene rings is 1. The number of aromatic nitrogens is 2. The van der Waals surface area contributed by atoms with Crippen molar-refractivity contribution in [2.75, 3.05) is 11.1 Å². The number of anilines is 2. The van der Waals surface area contributed by atoms with Crippen LogP contribution in [0.15, 0.2) is 22.6 Å². The maximum Gasteiger partial charge on any atom is 0.322 e. The minimum Gasteiger partial charge on any atom is -0.408 e. The van der Waals surface area contributed by atoms with E-state index in [4.69, 9.17) is 10.2 Å². The summed E-state index contributed by atoms with van der Waals surface area (Å²) in [6.07, 6.45) is 2.05. The second-order valence-corrected chi connectivity index (χ2v) is 4.41. The molecule has 98 valence electrons. The summed E-state index contributed by atoms with van der Waals surface area (Å²) in [5, 5.41) is 9.97. The van der Waals surface area contributed by atoms with Crippen LogP contribution in [0.3, 0.4) is 0 Å². The molecule has 2 aromatic rings. The lowest BCUT2D eigenvalue weighted by molar-refractivity contribution is 0.102. The van der Waals surface area contributed by atoms with Gasteiger partial charge in [0.25, 0.3) is 5.91 Å². The molecule has 1 amide bonds. The predicted octanol–water partition coefficient (Wildman–Crippen LogP) is 1.92. The van der Waals surface area contributed by atoms with Gasteiger partial charge < -0.3 is 10.2 Å². The number of carbonyl (C=O) groups excluding carboxylic acids is 1. The molecule has 1 aromatic carbocycles. The van der Waals surface area contributed by atoms with Gasteiger partial charge in [0.1, 0.15) is 5.82 Å². The van der Waals surface area contributed by atoms with Crippen molar-refractivity contribution in [3.05, 3.63) is 35.5 Å². The van der Waals surface area contributed by atoms with Crippen LogP contribution in [0.2, 0.25) is 0 Å². The Kier molecular flexibility index (Phi) is 2.66. The van der Waals surface area contributed by atoms with E-state index in [1.165, 1.54) is 12.1 Å². The molecule has 0 saturated heterocycles. The number of nitrogens with two attached hydrogens (primary N) is 1. The number of halogens is 1. The van der Waals surface area contributed by atoms with E-state index >= 15 is 0 Å². The molecule has 6 nitrogen and oxygen atoms in total. The zero-order chi connectivity index (χ0) is 13.4. The van der Waals surface area contributed by atoms with Gasteiger partial charge in [-0.25, -0.2) is 4.39 Å². The molecule has 1 saturated carbocycles. The number of nitrogen functional groups attached to an aromatic ring is 1. The minimum absolute atomic E-state index is 0.00893. The lowest BCUT2D eigenvalue weighted by atomic mass is 10.2. The number of nitrogens with zero attached hydrogens (tertiary/aromatic N) is 2. The van der Waals surface area contributed by atoms with Gasteiger partial charge in [0, 0.05) is 11.5 Å². The highest BCUT2D eigenvalue weighted by molar-refractivity contribution is 6.03. The summed E-state index contributed by atoms with van der Waals surface area (Å²) >= 11 is 0. The summed E-state index contributed by atoms with van der Waals surface area (Å²) < 4.78 is 18.5. The molecule has 1 heterocycles. The molecule has 1 aliphatic carbocycles. The van der Waals surface area contributed by atoms with Crippen molar-refractivity contribution in [1.82, 2.24) is 10.2 Å². The van der Waals surface area contributed by atoms with Gasteiger partial charge in [-0.2, -0.15) is 0 Å². The van der Waals surface area contributed by atoms with Crippen LogP contribution in [0.5, 0.6) is 0 Å². The van der Waals surface area contributed by atoms with E-state index in [-0.39, 0.29) is 17.3 Å². The van der Waals surface area contributed by atoms with E-state index in [9.17, 15) is 9.18 Å². The molecule has 0 spiro atoms. The van der Waals surface area contributed by atoms with Crippen molar-refractivity contribution in [2.24, 2.45) is 0 Å². The first kappa shape index (κ1) is 11.6. The van der Waals surface area contributed by atoms with Crippen LogP contribution < -0.4 is 11.1 Å². The lowest BCUT2D eigenvalue weighted by Crippen LogP contribution is -2.12. The quantitative estimate of drug-likeness (QED) is 0.824. The van der Waals surface area contributed by atoms with Crippen LogP contribution in [0.4, 0.5) is 16.1 Å². The van der Waals surface area contributed by atoms with E-state index in [1.807, 2.05) is 0 Å². The molecule has 0 unspecified atom stereocenters. The maximum absolute atomic E-state index is 13.2. The molecule has 0 atom stereocenters. The van der Waals surface area contributed by atoms with E-state index in [0.717, 1.165) is 18.9 Å². The fourth-order valence-electron chi connectivity index (χ4n) is 1.62. The lowest BCUT2D eigenvalue weighted by Gasteiger charge is -2.02. The predicted molar refractivity (Wildman–Crippen MR) is 65.0 cm³/mol. The van der Waals surface area contributed by atoms with Crippen LogP contribution in [0, 0.1) is 5.82 Å². The van der Waals surface area contributed by atoms with E-state index in [1.54, 1.807) is 0 Å². The first-order valence-electron chi connectivity index (χ1n) is 5.83. The summed E-state index contributed by atoms with van der Waals surface area (Å²) in [4.78, 5) is 11.8. The Balaban J connectivity index is 1.74. The van der Waals surface area contributed by atoms with Gasteiger partial charge in [0.2, 0.25) is 5.89 Å². The minimum atomic E-state index is -0.642. The Hall–Kier alpha value is -2.44. The Morgan fingerprint density at radius 1 is 1.42 bits per heavy atom. The number of carbonyl (C=O) groups is 1. The van der Waals surface area contributed by atoms with Gasteiger partial charge in [-0.3, -0.25) is 10.1 Å². The van der Waals surface area contributed by atoms with E-state index in [2.05, 4.69) is 15.5 Å². The first-order valence-corrected chi connectivity index (χ1v) is 5.83. The Labute approximate surface area is 107 Å². The Morgan fingerprint density at radius 2 is 2.21 bits per heavy atom. The van der Waals surface area contributed by atoms with Crippen LogP contribution in [-0.4, -0.2) is 16.1 Å². The van der Waals surface area contributed by atoms with Crippen molar-refractivity contribution in [1.29, 1.82) is 0 Å². The summed E-state index contributed by atoms with van der Waals surface area (Å²) in [6, 6.07) is 3.83. The zero-order valence-corrected chi connectivity index (χ0v) is 9.89.